The minimum atomic E-state index is 0.788. The first-order valence-corrected chi connectivity index (χ1v) is 5.05. The van der Waals surface area contributed by atoms with Crippen LogP contribution in [0, 0.1) is 0 Å². The molecule has 0 aromatic heterocycles. The summed E-state index contributed by atoms with van der Waals surface area (Å²) in [6.07, 6.45) is 2.60. The Morgan fingerprint density at radius 2 is 2.20 bits per heavy atom. The number of rotatable bonds is 6. The zero-order chi connectivity index (χ0) is 7.82. The Morgan fingerprint density at radius 3 is 2.70 bits per heavy atom. The fourth-order valence-corrected chi connectivity index (χ4v) is 1.70. The molecule has 0 heterocycles. The number of alkyl halides is 1. The number of halogens is 1. The molecule has 0 rings (SSSR count). The molecule has 0 saturated heterocycles. The van der Waals surface area contributed by atoms with Crippen LogP contribution in [0.2, 0.25) is 0 Å². The van der Waals surface area contributed by atoms with Crippen molar-refractivity contribution in [3.8, 4) is 0 Å². The minimum absolute atomic E-state index is 0.788. The monoisotopic (exact) mass is 256 g/mol. The predicted octanol–water partition coefficient (Wildman–Crippen LogP) is 1.36. The number of hydrogen-bond acceptors (Lipinski definition) is 2. The van der Waals surface area contributed by atoms with E-state index in [4.69, 9.17) is 0 Å². The van der Waals surface area contributed by atoms with Crippen LogP contribution in [-0.4, -0.2) is 24.2 Å². The summed E-state index contributed by atoms with van der Waals surface area (Å²) < 4.78 is 0.788. The van der Waals surface area contributed by atoms with E-state index in [1.54, 1.807) is 0 Å². The summed E-state index contributed by atoms with van der Waals surface area (Å²) >= 11 is 2.49. The van der Waals surface area contributed by atoms with Crippen LogP contribution in [0.15, 0.2) is 0 Å². The quantitative estimate of drug-likeness (QED) is 0.324. The maximum atomic E-state index is 3.30. The highest BCUT2D eigenvalue weighted by molar-refractivity contribution is 14.1. The van der Waals surface area contributed by atoms with Crippen molar-refractivity contribution in [3.05, 3.63) is 0 Å². The third-order valence-corrected chi connectivity index (χ3v) is 2.33. The van der Waals surface area contributed by atoms with Gasteiger partial charge in [0, 0.05) is 17.1 Å². The molecule has 0 amide bonds. The van der Waals surface area contributed by atoms with E-state index < -0.39 is 0 Å². The maximum Gasteiger partial charge on any atom is 0.0452 e. The SMILES string of the molecule is CCC[C@H](I)CNCNC. The van der Waals surface area contributed by atoms with Gasteiger partial charge >= 0.3 is 0 Å². The van der Waals surface area contributed by atoms with Crippen molar-refractivity contribution in [1.29, 1.82) is 0 Å². The van der Waals surface area contributed by atoms with Crippen molar-refractivity contribution in [1.82, 2.24) is 10.6 Å². The van der Waals surface area contributed by atoms with Crippen LogP contribution in [0.1, 0.15) is 19.8 Å². The van der Waals surface area contributed by atoms with E-state index in [1.165, 1.54) is 12.8 Å². The molecule has 2 N–H and O–H groups in total. The summed E-state index contributed by atoms with van der Waals surface area (Å²) in [6, 6.07) is 0. The summed E-state index contributed by atoms with van der Waals surface area (Å²) in [4.78, 5) is 0. The second-order valence-corrected chi connectivity index (χ2v) is 4.13. The van der Waals surface area contributed by atoms with E-state index in [-0.39, 0.29) is 0 Å². The summed E-state index contributed by atoms with van der Waals surface area (Å²) in [7, 11) is 1.95. The van der Waals surface area contributed by atoms with Gasteiger partial charge in [0.05, 0.1) is 0 Å². The zero-order valence-electron chi connectivity index (χ0n) is 6.78. The third kappa shape index (κ3) is 6.77. The molecule has 1 atom stereocenters. The molecule has 62 valence electrons. The van der Waals surface area contributed by atoms with Gasteiger partial charge in [-0.15, -0.1) is 0 Å². The van der Waals surface area contributed by atoms with Crippen LogP contribution in [-0.2, 0) is 0 Å². The molecule has 0 spiro atoms. The van der Waals surface area contributed by atoms with Crippen LogP contribution in [0.25, 0.3) is 0 Å². The van der Waals surface area contributed by atoms with Crippen LogP contribution < -0.4 is 10.6 Å². The summed E-state index contributed by atoms with van der Waals surface area (Å²) in [5, 5.41) is 6.35. The van der Waals surface area contributed by atoms with Crippen molar-refractivity contribution < 1.29 is 0 Å². The lowest BCUT2D eigenvalue weighted by atomic mass is 10.2. The van der Waals surface area contributed by atoms with Crippen molar-refractivity contribution in [2.24, 2.45) is 0 Å². The summed E-state index contributed by atoms with van der Waals surface area (Å²) in [5.74, 6) is 0. The minimum Gasteiger partial charge on any atom is -0.308 e. The molecule has 3 heteroatoms. The first-order valence-electron chi connectivity index (χ1n) is 3.80. The first kappa shape index (κ1) is 10.7. The standard InChI is InChI=1S/C7H17IN2/c1-3-4-7(8)5-10-6-9-2/h7,9-10H,3-6H2,1-2H3/t7-/m0/s1. The fraction of sp³-hybridized carbons (Fsp3) is 1.00. The Bertz CT molecular complexity index is 68.6. The van der Waals surface area contributed by atoms with Gasteiger partial charge in [0.1, 0.15) is 0 Å². The van der Waals surface area contributed by atoms with Gasteiger partial charge in [-0.1, -0.05) is 35.9 Å². The fourth-order valence-electron chi connectivity index (χ4n) is 0.769. The van der Waals surface area contributed by atoms with E-state index >= 15 is 0 Å². The topological polar surface area (TPSA) is 24.1 Å². The van der Waals surface area contributed by atoms with Crippen molar-refractivity contribution in [2.45, 2.75) is 23.7 Å². The lowest BCUT2D eigenvalue weighted by Gasteiger charge is -2.08. The van der Waals surface area contributed by atoms with Crippen LogP contribution in [0.3, 0.4) is 0 Å². The van der Waals surface area contributed by atoms with Crippen molar-refractivity contribution >= 4 is 22.6 Å². The Hall–Kier alpha value is 0.650. The van der Waals surface area contributed by atoms with Gasteiger partial charge in [0.25, 0.3) is 0 Å². The number of hydrogen-bond donors (Lipinski definition) is 2. The highest BCUT2D eigenvalue weighted by Crippen LogP contribution is 2.06. The van der Waals surface area contributed by atoms with Crippen LogP contribution >= 0.6 is 22.6 Å². The molecular weight excluding hydrogens is 239 g/mol. The van der Waals surface area contributed by atoms with Gasteiger partial charge in [-0.25, -0.2) is 0 Å². The van der Waals surface area contributed by atoms with Gasteiger partial charge in [-0.05, 0) is 13.5 Å². The molecule has 0 aromatic carbocycles. The molecule has 0 aliphatic carbocycles. The Balaban J connectivity index is 2.97. The van der Waals surface area contributed by atoms with E-state index in [1.807, 2.05) is 7.05 Å². The van der Waals surface area contributed by atoms with Crippen LogP contribution in [0.5, 0.6) is 0 Å². The molecule has 0 saturated carbocycles. The number of nitrogens with one attached hydrogen (secondary N) is 2. The van der Waals surface area contributed by atoms with E-state index in [2.05, 4.69) is 40.1 Å². The molecular formula is C7H17IN2. The zero-order valence-corrected chi connectivity index (χ0v) is 8.94. The van der Waals surface area contributed by atoms with Gasteiger partial charge in [-0.2, -0.15) is 0 Å². The largest absolute Gasteiger partial charge is 0.308 e. The molecule has 0 bridgehead atoms. The average molecular weight is 256 g/mol. The van der Waals surface area contributed by atoms with Gasteiger partial charge in [0.15, 0.2) is 0 Å². The normalized spacial score (nSPS) is 13.5. The second kappa shape index (κ2) is 7.75. The lowest BCUT2D eigenvalue weighted by molar-refractivity contribution is 0.606. The highest BCUT2D eigenvalue weighted by Gasteiger charge is 1.99. The average Bonchev–Trinajstić information content (AvgIpc) is 1.89. The molecule has 0 aliphatic heterocycles. The predicted molar refractivity (Wildman–Crippen MR) is 54.6 cm³/mol. The Kier molecular flexibility index (Phi) is 8.26. The molecule has 0 radical (unpaired) electrons. The van der Waals surface area contributed by atoms with Gasteiger partial charge < -0.3 is 10.6 Å². The van der Waals surface area contributed by atoms with E-state index in [9.17, 15) is 0 Å². The molecule has 10 heavy (non-hydrogen) atoms. The Labute approximate surface area is 77.3 Å². The van der Waals surface area contributed by atoms with Crippen LogP contribution in [0.4, 0.5) is 0 Å². The van der Waals surface area contributed by atoms with Crippen molar-refractivity contribution in [3.63, 3.8) is 0 Å². The molecule has 0 aromatic rings. The molecule has 0 fully saturated rings. The molecule has 0 unspecified atom stereocenters. The van der Waals surface area contributed by atoms with Gasteiger partial charge in [0.2, 0.25) is 0 Å². The summed E-state index contributed by atoms with van der Waals surface area (Å²) in [5.41, 5.74) is 0. The summed E-state index contributed by atoms with van der Waals surface area (Å²) in [6.45, 7) is 4.27. The van der Waals surface area contributed by atoms with Crippen molar-refractivity contribution in [2.75, 3.05) is 20.3 Å². The van der Waals surface area contributed by atoms with E-state index in [0.29, 0.717) is 0 Å². The Morgan fingerprint density at radius 1 is 1.50 bits per heavy atom. The second-order valence-electron chi connectivity index (χ2n) is 2.37. The van der Waals surface area contributed by atoms with Gasteiger partial charge in [-0.3, -0.25) is 0 Å². The smallest absolute Gasteiger partial charge is 0.0452 e. The molecule has 2 nitrogen and oxygen atoms in total. The third-order valence-electron chi connectivity index (χ3n) is 1.27. The maximum absolute atomic E-state index is 3.30. The van der Waals surface area contributed by atoms with E-state index in [0.717, 1.165) is 17.1 Å². The molecule has 0 aliphatic rings. The first-order chi connectivity index (χ1) is 4.81. The highest BCUT2D eigenvalue weighted by atomic mass is 127. The lowest BCUT2D eigenvalue weighted by Crippen LogP contribution is -2.30.